The molecule has 3 N–H and O–H groups in total. The Morgan fingerprint density at radius 2 is 2.25 bits per heavy atom. The first-order chi connectivity index (χ1) is 9.56. The minimum Gasteiger partial charge on any atom is -0.366 e. The van der Waals surface area contributed by atoms with Crippen LogP contribution in [0.3, 0.4) is 0 Å². The molecule has 3 atom stereocenters. The summed E-state index contributed by atoms with van der Waals surface area (Å²) in [4.78, 5) is 13.8. The summed E-state index contributed by atoms with van der Waals surface area (Å²) in [5.41, 5.74) is 8.38. The maximum Gasteiger partial charge on any atom is 0.248 e. The van der Waals surface area contributed by atoms with Crippen LogP contribution in [0.15, 0.2) is 18.2 Å². The number of benzene rings is 1. The third-order valence-electron chi connectivity index (χ3n) is 5.06. The number of carbonyl (C=O) groups is 1. The highest BCUT2D eigenvalue weighted by Crippen LogP contribution is 2.33. The number of amides is 1. The first kappa shape index (κ1) is 13.6. The van der Waals surface area contributed by atoms with Crippen LogP contribution in [0.25, 0.3) is 0 Å². The van der Waals surface area contributed by atoms with E-state index in [-0.39, 0.29) is 5.91 Å². The van der Waals surface area contributed by atoms with Gasteiger partial charge in [-0.3, -0.25) is 9.69 Å². The summed E-state index contributed by atoms with van der Waals surface area (Å²) in [5.74, 6) is 1.24. The zero-order valence-electron chi connectivity index (χ0n) is 12.2. The summed E-state index contributed by atoms with van der Waals surface area (Å²) in [6, 6.07) is 6.42. The zero-order valence-corrected chi connectivity index (χ0v) is 12.2. The zero-order chi connectivity index (χ0) is 14.3. The van der Waals surface area contributed by atoms with Gasteiger partial charge in [-0.1, -0.05) is 6.07 Å². The summed E-state index contributed by atoms with van der Waals surface area (Å²) in [7, 11) is 0. The Kier molecular flexibility index (Phi) is 3.52. The van der Waals surface area contributed by atoms with Crippen molar-refractivity contribution in [3.05, 3.63) is 34.9 Å². The lowest BCUT2D eigenvalue weighted by molar-refractivity contribution is 0.1000. The van der Waals surface area contributed by atoms with Gasteiger partial charge in [0.15, 0.2) is 0 Å². The van der Waals surface area contributed by atoms with Gasteiger partial charge in [0.2, 0.25) is 5.91 Å². The fourth-order valence-corrected chi connectivity index (χ4v) is 3.71. The van der Waals surface area contributed by atoms with Crippen molar-refractivity contribution in [2.45, 2.75) is 26.4 Å². The van der Waals surface area contributed by atoms with Crippen molar-refractivity contribution in [1.82, 2.24) is 10.2 Å². The second-order valence-electron chi connectivity index (χ2n) is 6.26. The van der Waals surface area contributed by atoms with Gasteiger partial charge in [0, 0.05) is 24.7 Å². The van der Waals surface area contributed by atoms with Gasteiger partial charge in [-0.15, -0.1) is 0 Å². The smallest absolute Gasteiger partial charge is 0.248 e. The minimum atomic E-state index is -0.352. The molecule has 0 saturated carbocycles. The molecule has 2 heterocycles. The fourth-order valence-electron chi connectivity index (χ4n) is 3.71. The predicted octanol–water partition coefficient (Wildman–Crippen LogP) is 1.13. The van der Waals surface area contributed by atoms with E-state index < -0.39 is 0 Å². The molecular weight excluding hydrogens is 250 g/mol. The molecule has 0 bridgehead atoms. The topological polar surface area (TPSA) is 58.4 Å². The number of nitrogens with one attached hydrogen (secondary N) is 1. The average Bonchev–Trinajstić information content (AvgIpc) is 2.96. The molecule has 2 fully saturated rings. The Labute approximate surface area is 120 Å². The number of nitrogens with zero attached hydrogens (tertiary/aromatic N) is 1. The lowest BCUT2D eigenvalue weighted by Gasteiger charge is -2.25. The third-order valence-corrected chi connectivity index (χ3v) is 5.06. The van der Waals surface area contributed by atoms with E-state index in [0.717, 1.165) is 37.0 Å². The average molecular weight is 273 g/mol. The van der Waals surface area contributed by atoms with E-state index in [9.17, 15) is 4.79 Å². The molecule has 20 heavy (non-hydrogen) atoms. The van der Waals surface area contributed by atoms with Gasteiger partial charge < -0.3 is 11.1 Å². The van der Waals surface area contributed by atoms with E-state index in [1.807, 2.05) is 12.1 Å². The highest BCUT2D eigenvalue weighted by molar-refractivity contribution is 5.93. The summed E-state index contributed by atoms with van der Waals surface area (Å²) in [6.45, 7) is 8.86. The number of nitrogens with two attached hydrogens (primary N) is 1. The number of likely N-dealkylation sites (tertiary alicyclic amines) is 1. The second kappa shape index (κ2) is 5.19. The predicted molar refractivity (Wildman–Crippen MR) is 79.4 cm³/mol. The van der Waals surface area contributed by atoms with E-state index in [1.54, 1.807) is 0 Å². The molecule has 3 unspecified atom stereocenters. The number of hydrogen-bond donors (Lipinski definition) is 2. The van der Waals surface area contributed by atoms with Crippen LogP contribution in [-0.2, 0) is 6.54 Å². The van der Waals surface area contributed by atoms with Crippen molar-refractivity contribution < 1.29 is 4.79 Å². The van der Waals surface area contributed by atoms with Crippen LogP contribution in [0.1, 0.15) is 28.4 Å². The lowest BCUT2D eigenvalue weighted by Crippen LogP contribution is -2.33. The third kappa shape index (κ3) is 2.34. The first-order valence-corrected chi connectivity index (χ1v) is 7.40. The van der Waals surface area contributed by atoms with Crippen LogP contribution in [-0.4, -0.2) is 36.5 Å². The van der Waals surface area contributed by atoms with E-state index >= 15 is 0 Å². The molecule has 0 aromatic heterocycles. The summed E-state index contributed by atoms with van der Waals surface area (Å²) < 4.78 is 0. The van der Waals surface area contributed by atoms with Gasteiger partial charge in [0.05, 0.1) is 0 Å². The first-order valence-electron chi connectivity index (χ1n) is 7.40. The van der Waals surface area contributed by atoms with Crippen molar-refractivity contribution in [3.8, 4) is 0 Å². The molecular formula is C16H23N3O. The Hall–Kier alpha value is -1.39. The molecule has 0 spiro atoms. The Balaban J connectivity index is 1.74. The van der Waals surface area contributed by atoms with Crippen LogP contribution >= 0.6 is 0 Å². The quantitative estimate of drug-likeness (QED) is 0.868. The van der Waals surface area contributed by atoms with Crippen molar-refractivity contribution in [1.29, 1.82) is 0 Å². The molecule has 0 radical (unpaired) electrons. The van der Waals surface area contributed by atoms with Crippen molar-refractivity contribution in [3.63, 3.8) is 0 Å². The molecule has 108 valence electrons. The molecule has 4 nitrogen and oxygen atoms in total. The Bertz CT molecular complexity index is 528. The van der Waals surface area contributed by atoms with Crippen molar-refractivity contribution in [2.75, 3.05) is 19.6 Å². The molecule has 2 saturated heterocycles. The standard InChI is InChI=1S/C16H23N3O/c1-10-5-12(16(17)20)3-4-13(10)8-19-9-14-6-18-7-15(14)11(19)2/h3-5,11,14-15,18H,6-9H2,1-2H3,(H2,17,20). The number of carbonyl (C=O) groups excluding carboxylic acids is 1. The van der Waals surface area contributed by atoms with Crippen LogP contribution in [0.2, 0.25) is 0 Å². The molecule has 3 rings (SSSR count). The SMILES string of the molecule is Cc1cc(C(N)=O)ccc1CN1CC2CNCC2C1C. The Morgan fingerprint density at radius 3 is 2.90 bits per heavy atom. The second-order valence-corrected chi connectivity index (χ2v) is 6.26. The molecule has 1 amide bonds. The van der Waals surface area contributed by atoms with E-state index in [0.29, 0.717) is 11.6 Å². The monoisotopic (exact) mass is 273 g/mol. The van der Waals surface area contributed by atoms with Crippen LogP contribution in [0, 0.1) is 18.8 Å². The summed E-state index contributed by atoms with van der Waals surface area (Å²) in [5, 5.41) is 3.49. The van der Waals surface area contributed by atoms with Crippen molar-refractivity contribution in [2.24, 2.45) is 17.6 Å². The molecule has 4 heteroatoms. The molecule has 2 aliphatic heterocycles. The highest BCUT2D eigenvalue weighted by Gasteiger charge is 2.41. The normalized spacial score (nSPS) is 29.6. The van der Waals surface area contributed by atoms with Gasteiger partial charge in [0.25, 0.3) is 0 Å². The van der Waals surface area contributed by atoms with Crippen LogP contribution in [0.4, 0.5) is 0 Å². The number of fused-ring (bicyclic) bond motifs is 1. The highest BCUT2D eigenvalue weighted by atomic mass is 16.1. The molecule has 0 aliphatic carbocycles. The van der Waals surface area contributed by atoms with Gasteiger partial charge in [-0.05, 0) is 62.0 Å². The maximum absolute atomic E-state index is 11.2. The molecule has 2 aliphatic rings. The molecule has 1 aromatic carbocycles. The van der Waals surface area contributed by atoms with E-state index in [2.05, 4.69) is 30.1 Å². The number of rotatable bonds is 3. The largest absolute Gasteiger partial charge is 0.366 e. The number of primary amides is 1. The maximum atomic E-state index is 11.2. The van der Waals surface area contributed by atoms with Gasteiger partial charge in [-0.2, -0.15) is 0 Å². The fraction of sp³-hybridized carbons (Fsp3) is 0.562. The number of aryl methyl sites for hydroxylation is 1. The minimum absolute atomic E-state index is 0.352. The summed E-state index contributed by atoms with van der Waals surface area (Å²) >= 11 is 0. The van der Waals surface area contributed by atoms with Gasteiger partial charge in [0.1, 0.15) is 0 Å². The van der Waals surface area contributed by atoms with E-state index in [1.165, 1.54) is 12.1 Å². The van der Waals surface area contributed by atoms with Gasteiger partial charge in [-0.25, -0.2) is 0 Å². The van der Waals surface area contributed by atoms with E-state index in [4.69, 9.17) is 5.73 Å². The molecule has 1 aromatic rings. The van der Waals surface area contributed by atoms with Gasteiger partial charge >= 0.3 is 0 Å². The van der Waals surface area contributed by atoms with Crippen molar-refractivity contribution >= 4 is 5.91 Å². The Morgan fingerprint density at radius 1 is 1.45 bits per heavy atom. The lowest BCUT2D eigenvalue weighted by atomic mass is 9.95. The number of hydrogen-bond acceptors (Lipinski definition) is 3. The van der Waals surface area contributed by atoms with Crippen LogP contribution in [0.5, 0.6) is 0 Å². The summed E-state index contributed by atoms with van der Waals surface area (Å²) in [6.07, 6.45) is 0. The van der Waals surface area contributed by atoms with Crippen LogP contribution < -0.4 is 11.1 Å².